The Bertz CT molecular complexity index is 353. The molecule has 4 nitrogen and oxygen atoms in total. The minimum atomic E-state index is -0.187. The largest absolute Gasteiger partial charge is 0.399 e. The van der Waals surface area contributed by atoms with Gasteiger partial charge in [-0.05, 0) is 31.0 Å². The molecule has 1 amide bonds. The van der Waals surface area contributed by atoms with Crippen LogP contribution in [0.3, 0.4) is 0 Å². The molecule has 0 aliphatic carbocycles. The Kier molecular flexibility index (Phi) is 4.79. The first-order chi connectivity index (χ1) is 7.61. The van der Waals surface area contributed by atoms with Gasteiger partial charge in [0, 0.05) is 18.2 Å². The van der Waals surface area contributed by atoms with E-state index in [1.165, 1.54) is 0 Å². The van der Waals surface area contributed by atoms with Crippen molar-refractivity contribution in [3.63, 3.8) is 0 Å². The lowest BCUT2D eigenvalue weighted by molar-refractivity contribution is -0.121. The number of rotatable bonds is 5. The number of nitrogens with two attached hydrogens (primary N) is 1. The number of hydrogen-bond acceptors (Lipinski definition) is 3. The summed E-state index contributed by atoms with van der Waals surface area (Å²) in [6, 6.07) is 7.31. The number of aryl methyl sites for hydroxylation is 1. The molecule has 4 heteroatoms. The van der Waals surface area contributed by atoms with Crippen LogP contribution in [-0.2, 0) is 11.2 Å². The maximum absolute atomic E-state index is 11.4. The highest BCUT2D eigenvalue weighted by Gasteiger charge is 2.06. The lowest BCUT2D eigenvalue weighted by atomic mass is 10.1. The van der Waals surface area contributed by atoms with Crippen molar-refractivity contribution in [1.82, 2.24) is 5.32 Å². The quantitative estimate of drug-likeness (QED) is 0.642. The van der Waals surface area contributed by atoms with Crippen molar-refractivity contribution < 1.29 is 9.90 Å². The monoisotopic (exact) mass is 222 g/mol. The highest BCUT2D eigenvalue weighted by Crippen LogP contribution is 2.08. The second-order valence-corrected chi connectivity index (χ2v) is 3.90. The van der Waals surface area contributed by atoms with Crippen LogP contribution in [0.15, 0.2) is 24.3 Å². The Morgan fingerprint density at radius 2 is 2.31 bits per heavy atom. The molecule has 0 bridgehead atoms. The van der Waals surface area contributed by atoms with Crippen molar-refractivity contribution in [3.05, 3.63) is 29.8 Å². The third-order valence-corrected chi connectivity index (χ3v) is 2.27. The molecule has 1 atom stereocenters. The molecule has 0 aliphatic rings. The number of aliphatic hydroxyl groups is 1. The van der Waals surface area contributed by atoms with Gasteiger partial charge in [-0.25, -0.2) is 0 Å². The van der Waals surface area contributed by atoms with Gasteiger partial charge in [0.15, 0.2) is 0 Å². The van der Waals surface area contributed by atoms with E-state index in [9.17, 15) is 4.79 Å². The topological polar surface area (TPSA) is 75.3 Å². The van der Waals surface area contributed by atoms with Crippen molar-refractivity contribution in [1.29, 1.82) is 0 Å². The zero-order chi connectivity index (χ0) is 12.0. The van der Waals surface area contributed by atoms with Gasteiger partial charge < -0.3 is 16.2 Å². The molecular weight excluding hydrogens is 204 g/mol. The Labute approximate surface area is 95.5 Å². The third kappa shape index (κ3) is 4.31. The van der Waals surface area contributed by atoms with E-state index in [0.29, 0.717) is 18.5 Å². The van der Waals surface area contributed by atoms with E-state index in [-0.39, 0.29) is 18.6 Å². The van der Waals surface area contributed by atoms with Crippen molar-refractivity contribution in [2.24, 2.45) is 0 Å². The Hall–Kier alpha value is -1.55. The normalized spacial score (nSPS) is 12.1. The zero-order valence-electron chi connectivity index (χ0n) is 9.44. The van der Waals surface area contributed by atoms with Gasteiger partial charge in [-0.3, -0.25) is 4.79 Å². The molecular formula is C12H18N2O2. The van der Waals surface area contributed by atoms with Crippen LogP contribution in [0.4, 0.5) is 5.69 Å². The molecule has 1 aromatic carbocycles. The predicted octanol–water partition coefficient (Wildman–Crippen LogP) is 0.698. The molecule has 0 aromatic heterocycles. The SMILES string of the molecule is C[C@H](CO)NC(=O)CCc1cccc(N)c1. The van der Waals surface area contributed by atoms with E-state index >= 15 is 0 Å². The first kappa shape index (κ1) is 12.5. The number of nitrogen functional groups attached to an aromatic ring is 1. The molecule has 0 saturated heterocycles. The molecule has 0 radical (unpaired) electrons. The smallest absolute Gasteiger partial charge is 0.220 e. The first-order valence-corrected chi connectivity index (χ1v) is 5.36. The zero-order valence-corrected chi connectivity index (χ0v) is 9.44. The second-order valence-electron chi connectivity index (χ2n) is 3.90. The number of carbonyl (C=O) groups is 1. The van der Waals surface area contributed by atoms with Gasteiger partial charge >= 0.3 is 0 Å². The molecule has 4 N–H and O–H groups in total. The van der Waals surface area contributed by atoms with Crippen molar-refractivity contribution in [2.45, 2.75) is 25.8 Å². The summed E-state index contributed by atoms with van der Waals surface area (Å²) >= 11 is 0. The molecule has 16 heavy (non-hydrogen) atoms. The van der Waals surface area contributed by atoms with Gasteiger partial charge in [-0.1, -0.05) is 12.1 Å². The molecule has 1 rings (SSSR count). The standard InChI is InChI=1S/C12H18N2O2/c1-9(8-15)14-12(16)6-5-10-3-2-4-11(13)7-10/h2-4,7,9,15H,5-6,8,13H2,1H3,(H,14,16)/t9-/m1/s1. The van der Waals surface area contributed by atoms with Crippen LogP contribution in [0.5, 0.6) is 0 Å². The molecule has 0 saturated carbocycles. The fourth-order valence-electron chi connectivity index (χ4n) is 1.40. The highest BCUT2D eigenvalue weighted by molar-refractivity contribution is 5.76. The van der Waals surface area contributed by atoms with Crippen LogP contribution in [0.25, 0.3) is 0 Å². The number of benzene rings is 1. The summed E-state index contributed by atoms with van der Waals surface area (Å²) in [4.78, 5) is 11.4. The highest BCUT2D eigenvalue weighted by atomic mass is 16.3. The summed E-state index contributed by atoms with van der Waals surface area (Å²) in [5.74, 6) is -0.0519. The van der Waals surface area contributed by atoms with Crippen molar-refractivity contribution in [3.8, 4) is 0 Å². The Morgan fingerprint density at radius 1 is 1.56 bits per heavy atom. The van der Waals surface area contributed by atoms with Crippen LogP contribution in [0, 0.1) is 0 Å². The van der Waals surface area contributed by atoms with Crippen LogP contribution in [-0.4, -0.2) is 23.7 Å². The molecule has 88 valence electrons. The number of aliphatic hydroxyl groups excluding tert-OH is 1. The lowest BCUT2D eigenvalue weighted by Gasteiger charge is -2.10. The van der Waals surface area contributed by atoms with Gasteiger partial charge in [-0.15, -0.1) is 0 Å². The number of nitrogens with one attached hydrogen (secondary N) is 1. The first-order valence-electron chi connectivity index (χ1n) is 5.36. The number of amides is 1. The summed E-state index contributed by atoms with van der Waals surface area (Å²) < 4.78 is 0. The van der Waals surface area contributed by atoms with E-state index in [1.807, 2.05) is 24.3 Å². The molecule has 1 aromatic rings. The predicted molar refractivity (Wildman–Crippen MR) is 63.9 cm³/mol. The summed E-state index contributed by atoms with van der Waals surface area (Å²) in [7, 11) is 0. The van der Waals surface area contributed by atoms with Crippen LogP contribution in [0.2, 0.25) is 0 Å². The molecule has 0 fully saturated rings. The molecule has 0 unspecified atom stereocenters. The summed E-state index contributed by atoms with van der Waals surface area (Å²) in [5, 5.41) is 11.5. The van der Waals surface area contributed by atoms with Gasteiger partial charge in [-0.2, -0.15) is 0 Å². The van der Waals surface area contributed by atoms with E-state index < -0.39 is 0 Å². The Morgan fingerprint density at radius 3 is 2.94 bits per heavy atom. The summed E-state index contributed by atoms with van der Waals surface area (Å²) in [6.07, 6.45) is 1.07. The fourth-order valence-corrected chi connectivity index (χ4v) is 1.40. The molecule has 0 heterocycles. The maximum Gasteiger partial charge on any atom is 0.220 e. The number of anilines is 1. The third-order valence-electron chi connectivity index (χ3n) is 2.27. The van der Waals surface area contributed by atoms with Gasteiger partial charge in [0.05, 0.1) is 6.61 Å². The van der Waals surface area contributed by atoms with E-state index in [1.54, 1.807) is 6.92 Å². The van der Waals surface area contributed by atoms with E-state index in [4.69, 9.17) is 10.8 Å². The maximum atomic E-state index is 11.4. The Balaban J connectivity index is 2.37. The van der Waals surface area contributed by atoms with Crippen LogP contribution in [0.1, 0.15) is 18.9 Å². The number of hydrogen-bond donors (Lipinski definition) is 3. The van der Waals surface area contributed by atoms with Gasteiger partial charge in [0.25, 0.3) is 0 Å². The minimum Gasteiger partial charge on any atom is -0.399 e. The van der Waals surface area contributed by atoms with Crippen molar-refractivity contribution in [2.75, 3.05) is 12.3 Å². The average Bonchev–Trinajstić information content (AvgIpc) is 2.26. The fraction of sp³-hybridized carbons (Fsp3) is 0.417. The lowest BCUT2D eigenvalue weighted by Crippen LogP contribution is -2.35. The number of carbonyl (C=O) groups excluding carboxylic acids is 1. The molecule has 0 spiro atoms. The van der Waals surface area contributed by atoms with E-state index in [0.717, 1.165) is 5.56 Å². The summed E-state index contributed by atoms with van der Waals surface area (Å²) in [5.41, 5.74) is 7.39. The minimum absolute atomic E-state index is 0.0377. The molecule has 0 aliphatic heterocycles. The van der Waals surface area contributed by atoms with Crippen LogP contribution < -0.4 is 11.1 Å². The summed E-state index contributed by atoms with van der Waals surface area (Å²) in [6.45, 7) is 1.72. The van der Waals surface area contributed by atoms with E-state index in [2.05, 4.69) is 5.32 Å². The average molecular weight is 222 g/mol. The van der Waals surface area contributed by atoms with Gasteiger partial charge in [0.1, 0.15) is 0 Å². The van der Waals surface area contributed by atoms with Crippen LogP contribution >= 0.6 is 0 Å². The van der Waals surface area contributed by atoms with Crippen molar-refractivity contribution >= 4 is 11.6 Å². The van der Waals surface area contributed by atoms with Gasteiger partial charge in [0.2, 0.25) is 5.91 Å². The second kappa shape index (κ2) is 6.12.